The van der Waals surface area contributed by atoms with Gasteiger partial charge in [-0.05, 0) is 32.6 Å². The molecule has 0 radical (unpaired) electrons. The lowest BCUT2D eigenvalue weighted by molar-refractivity contribution is 0.262. The number of nitrogens with zero attached hydrogens (tertiary/aromatic N) is 1. The Morgan fingerprint density at radius 1 is 1.15 bits per heavy atom. The summed E-state index contributed by atoms with van der Waals surface area (Å²) in [5.74, 6) is 0. The summed E-state index contributed by atoms with van der Waals surface area (Å²) in [6.45, 7) is 2.99. The minimum Gasteiger partial charge on any atom is -0.324 e. The average molecular weight is 303 g/mol. The molecule has 2 aliphatic rings. The van der Waals surface area contributed by atoms with E-state index >= 15 is 0 Å². The number of piperidine rings is 1. The number of hydrogen-bond donors (Lipinski definition) is 2. The monoisotopic (exact) mass is 303 g/mol. The maximum absolute atomic E-state index is 12.4. The predicted molar refractivity (Wildman–Crippen MR) is 81.6 cm³/mol. The Bertz CT molecular complexity index is 403. The van der Waals surface area contributed by atoms with Gasteiger partial charge in [-0.15, -0.1) is 0 Å². The Balaban J connectivity index is 1.94. The van der Waals surface area contributed by atoms with E-state index < -0.39 is 10.2 Å². The maximum Gasteiger partial charge on any atom is 0.279 e. The fraction of sp³-hybridized carbons (Fsp3) is 1.00. The fourth-order valence-electron chi connectivity index (χ4n) is 3.36. The molecule has 1 saturated carbocycles. The minimum absolute atomic E-state index is 0.101. The van der Waals surface area contributed by atoms with Crippen LogP contribution in [0, 0.1) is 0 Å². The van der Waals surface area contributed by atoms with Crippen molar-refractivity contribution >= 4 is 10.2 Å². The minimum atomic E-state index is -3.38. The van der Waals surface area contributed by atoms with E-state index in [9.17, 15) is 8.42 Å². The van der Waals surface area contributed by atoms with Crippen molar-refractivity contribution in [2.75, 3.05) is 13.1 Å². The summed E-state index contributed by atoms with van der Waals surface area (Å²) in [6, 6.07) is 0.101. The van der Waals surface area contributed by atoms with Crippen molar-refractivity contribution in [1.29, 1.82) is 0 Å². The average Bonchev–Trinajstić information content (AvgIpc) is 2.63. The number of nitrogens with two attached hydrogens (primary N) is 1. The lowest BCUT2D eigenvalue weighted by Gasteiger charge is -2.34. The molecule has 0 bridgehead atoms. The van der Waals surface area contributed by atoms with Crippen LogP contribution in [0.5, 0.6) is 0 Å². The van der Waals surface area contributed by atoms with Crippen molar-refractivity contribution in [1.82, 2.24) is 9.03 Å². The Morgan fingerprint density at radius 3 is 2.40 bits per heavy atom. The highest BCUT2D eigenvalue weighted by atomic mass is 32.2. The number of nitrogens with one attached hydrogen (secondary N) is 1. The molecule has 1 unspecified atom stereocenters. The molecular formula is C14H29N3O2S. The van der Waals surface area contributed by atoms with Crippen molar-refractivity contribution in [2.24, 2.45) is 5.73 Å². The van der Waals surface area contributed by atoms with Gasteiger partial charge in [0.05, 0.1) is 0 Å². The molecule has 2 fully saturated rings. The van der Waals surface area contributed by atoms with Crippen LogP contribution in [0.2, 0.25) is 0 Å². The molecule has 0 aromatic rings. The maximum atomic E-state index is 12.4. The zero-order valence-electron chi connectivity index (χ0n) is 12.6. The molecule has 1 atom stereocenters. The second-order valence-electron chi connectivity index (χ2n) is 6.56. The molecule has 0 aromatic heterocycles. The van der Waals surface area contributed by atoms with Crippen LogP contribution >= 0.6 is 0 Å². The second-order valence-corrected chi connectivity index (χ2v) is 8.27. The standard InChI is InChI=1S/C14H29N3O2S/c1-13-8-4-7-11-17(13)20(18,19)16-12-14(15)9-5-2-3-6-10-14/h13,16H,2-12,15H2,1H3. The van der Waals surface area contributed by atoms with Gasteiger partial charge in [-0.3, -0.25) is 0 Å². The number of hydrogen-bond acceptors (Lipinski definition) is 3. The van der Waals surface area contributed by atoms with Gasteiger partial charge in [-0.25, -0.2) is 4.72 Å². The van der Waals surface area contributed by atoms with Gasteiger partial charge < -0.3 is 5.73 Å². The predicted octanol–water partition coefficient (Wildman–Crippen LogP) is 1.75. The van der Waals surface area contributed by atoms with Crippen LogP contribution in [-0.4, -0.2) is 37.4 Å². The molecule has 1 heterocycles. The summed E-state index contributed by atoms with van der Waals surface area (Å²) >= 11 is 0. The van der Waals surface area contributed by atoms with E-state index in [1.165, 1.54) is 12.8 Å². The van der Waals surface area contributed by atoms with Gasteiger partial charge in [0.1, 0.15) is 0 Å². The van der Waals surface area contributed by atoms with Crippen molar-refractivity contribution in [2.45, 2.75) is 76.3 Å². The van der Waals surface area contributed by atoms with E-state index in [2.05, 4.69) is 4.72 Å². The molecule has 0 amide bonds. The first-order valence-electron chi connectivity index (χ1n) is 7.98. The van der Waals surface area contributed by atoms with E-state index in [1.54, 1.807) is 4.31 Å². The van der Waals surface area contributed by atoms with Crippen LogP contribution in [0.25, 0.3) is 0 Å². The van der Waals surface area contributed by atoms with Crippen molar-refractivity contribution in [3.05, 3.63) is 0 Å². The van der Waals surface area contributed by atoms with Gasteiger partial charge in [0, 0.05) is 24.7 Å². The molecule has 3 N–H and O–H groups in total. The molecule has 1 saturated heterocycles. The molecule has 5 nitrogen and oxygen atoms in total. The third kappa shape index (κ3) is 4.16. The molecule has 20 heavy (non-hydrogen) atoms. The molecule has 1 aliphatic heterocycles. The number of rotatable bonds is 4. The summed E-state index contributed by atoms with van der Waals surface area (Å²) in [5, 5.41) is 0. The summed E-state index contributed by atoms with van der Waals surface area (Å²) in [5.41, 5.74) is 6.03. The SMILES string of the molecule is CC1CCCCN1S(=O)(=O)NCC1(N)CCCCCC1. The van der Waals surface area contributed by atoms with E-state index in [4.69, 9.17) is 5.73 Å². The van der Waals surface area contributed by atoms with Gasteiger partial charge >= 0.3 is 0 Å². The molecule has 0 aromatic carbocycles. The Kier molecular flexibility index (Phi) is 5.45. The summed E-state index contributed by atoms with van der Waals surface area (Å²) < 4.78 is 29.2. The van der Waals surface area contributed by atoms with Crippen molar-refractivity contribution < 1.29 is 8.42 Å². The topological polar surface area (TPSA) is 75.4 Å². The molecule has 1 aliphatic carbocycles. The third-order valence-corrected chi connectivity index (χ3v) is 6.43. The normalized spacial score (nSPS) is 29.0. The Morgan fingerprint density at radius 2 is 1.80 bits per heavy atom. The molecule has 2 rings (SSSR count). The zero-order valence-corrected chi connectivity index (χ0v) is 13.4. The van der Waals surface area contributed by atoms with Gasteiger partial charge in [0.2, 0.25) is 0 Å². The molecule has 118 valence electrons. The van der Waals surface area contributed by atoms with Gasteiger partial charge in [0.15, 0.2) is 0 Å². The van der Waals surface area contributed by atoms with Crippen molar-refractivity contribution in [3.63, 3.8) is 0 Å². The largest absolute Gasteiger partial charge is 0.324 e. The first-order valence-corrected chi connectivity index (χ1v) is 9.42. The third-order valence-electron chi connectivity index (χ3n) is 4.76. The fourth-order valence-corrected chi connectivity index (χ4v) is 4.94. The van der Waals surface area contributed by atoms with Gasteiger partial charge in [-0.1, -0.05) is 32.1 Å². The van der Waals surface area contributed by atoms with Crippen LogP contribution in [0.3, 0.4) is 0 Å². The zero-order chi connectivity index (χ0) is 14.6. The highest BCUT2D eigenvalue weighted by Gasteiger charge is 2.33. The van der Waals surface area contributed by atoms with Crippen LogP contribution in [0.15, 0.2) is 0 Å². The van der Waals surface area contributed by atoms with Crippen LogP contribution in [0.1, 0.15) is 64.7 Å². The van der Waals surface area contributed by atoms with Crippen LogP contribution in [-0.2, 0) is 10.2 Å². The van der Waals surface area contributed by atoms with Gasteiger partial charge in [-0.2, -0.15) is 12.7 Å². The summed E-state index contributed by atoms with van der Waals surface area (Å²) in [7, 11) is -3.38. The first kappa shape index (κ1) is 16.2. The Hall–Kier alpha value is -0.170. The highest BCUT2D eigenvalue weighted by Crippen LogP contribution is 2.25. The Labute approximate surface area is 123 Å². The first-order chi connectivity index (χ1) is 9.43. The second kappa shape index (κ2) is 6.73. The lowest BCUT2D eigenvalue weighted by atomic mass is 9.92. The van der Waals surface area contributed by atoms with Crippen LogP contribution in [0.4, 0.5) is 0 Å². The molecule has 6 heteroatoms. The highest BCUT2D eigenvalue weighted by molar-refractivity contribution is 7.87. The molecular weight excluding hydrogens is 274 g/mol. The smallest absolute Gasteiger partial charge is 0.279 e. The summed E-state index contributed by atoms with van der Waals surface area (Å²) in [4.78, 5) is 0. The molecule has 0 spiro atoms. The van der Waals surface area contributed by atoms with E-state index in [-0.39, 0.29) is 11.6 Å². The van der Waals surface area contributed by atoms with E-state index in [0.717, 1.165) is 44.9 Å². The quantitative estimate of drug-likeness (QED) is 0.777. The van der Waals surface area contributed by atoms with Crippen LogP contribution < -0.4 is 10.5 Å². The van der Waals surface area contributed by atoms with Gasteiger partial charge in [0.25, 0.3) is 10.2 Å². The summed E-state index contributed by atoms with van der Waals surface area (Å²) in [6.07, 6.45) is 9.53. The van der Waals surface area contributed by atoms with Crippen molar-refractivity contribution in [3.8, 4) is 0 Å². The lowest BCUT2D eigenvalue weighted by Crippen LogP contribution is -2.54. The van der Waals surface area contributed by atoms with E-state index in [0.29, 0.717) is 13.1 Å². The van der Waals surface area contributed by atoms with E-state index in [1.807, 2.05) is 6.92 Å².